The molecule has 1 aromatic rings. The summed E-state index contributed by atoms with van der Waals surface area (Å²) in [6, 6.07) is 2.03. The van der Waals surface area contributed by atoms with Crippen molar-refractivity contribution in [3.63, 3.8) is 0 Å². The Hall–Kier alpha value is -0.830. The Bertz CT molecular complexity index is 398. The van der Waals surface area contributed by atoms with Crippen molar-refractivity contribution in [3.8, 4) is 0 Å². The molecule has 2 nitrogen and oxygen atoms in total. The lowest BCUT2D eigenvalue weighted by atomic mass is 10.0. The first-order chi connectivity index (χ1) is 6.09. The first-order valence-electron chi connectivity index (χ1n) is 4.18. The second kappa shape index (κ2) is 2.84. The molecule has 0 unspecified atom stereocenters. The van der Waals surface area contributed by atoms with Gasteiger partial charge < -0.3 is 5.32 Å². The van der Waals surface area contributed by atoms with E-state index in [0.717, 1.165) is 15.7 Å². The predicted octanol–water partition coefficient (Wildman–Crippen LogP) is 2.56. The zero-order valence-corrected chi connectivity index (χ0v) is 9.16. The maximum atomic E-state index is 11.1. The van der Waals surface area contributed by atoms with Gasteiger partial charge in [0, 0.05) is 10.2 Å². The Kier molecular flexibility index (Phi) is 1.91. The van der Waals surface area contributed by atoms with Gasteiger partial charge in [0.25, 0.3) is 0 Å². The summed E-state index contributed by atoms with van der Waals surface area (Å²) in [6.45, 7) is 4.10. The van der Waals surface area contributed by atoms with Gasteiger partial charge in [-0.15, -0.1) is 0 Å². The quantitative estimate of drug-likeness (QED) is 0.741. The molecule has 1 aliphatic rings. The Balaban J connectivity index is 2.66. The van der Waals surface area contributed by atoms with Crippen LogP contribution in [0.3, 0.4) is 0 Å². The van der Waals surface area contributed by atoms with Gasteiger partial charge in [0.05, 0.1) is 6.42 Å². The molecule has 0 saturated heterocycles. The highest BCUT2D eigenvalue weighted by Gasteiger charge is 2.21. The van der Waals surface area contributed by atoms with Crippen LogP contribution in [-0.2, 0) is 11.2 Å². The zero-order valence-electron chi connectivity index (χ0n) is 7.57. The van der Waals surface area contributed by atoms with Crippen molar-refractivity contribution in [2.24, 2.45) is 0 Å². The molecule has 1 aliphatic heterocycles. The van der Waals surface area contributed by atoms with E-state index < -0.39 is 0 Å². The molecule has 0 fully saturated rings. The molecule has 0 radical (unpaired) electrons. The van der Waals surface area contributed by atoms with Crippen LogP contribution in [0.4, 0.5) is 5.69 Å². The molecule has 0 spiro atoms. The van der Waals surface area contributed by atoms with E-state index in [2.05, 4.69) is 28.2 Å². The Morgan fingerprint density at radius 1 is 1.46 bits per heavy atom. The molecule has 3 heteroatoms. The second-order valence-corrected chi connectivity index (χ2v) is 4.18. The van der Waals surface area contributed by atoms with Gasteiger partial charge in [-0.2, -0.15) is 0 Å². The minimum absolute atomic E-state index is 0.0840. The standard InChI is InChI=1S/C10H10BrNO/c1-5-3-8-7(4-9(13)12-8)10(11)6(5)2/h3H,4H2,1-2H3,(H,12,13). The van der Waals surface area contributed by atoms with Gasteiger partial charge in [0.15, 0.2) is 0 Å². The lowest BCUT2D eigenvalue weighted by Crippen LogP contribution is -2.03. The number of amides is 1. The first kappa shape index (κ1) is 8.75. The van der Waals surface area contributed by atoms with Crippen LogP contribution in [-0.4, -0.2) is 5.91 Å². The molecule has 0 atom stereocenters. The number of hydrogen-bond donors (Lipinski definition) is 1. The van der Waals surface area contributed by atoms with Crippen LogP contribution in [0.5, 0.6) is 0 Å². The van der Waals surface area contributed by atoms with Gasteiger partial charge >= 0.3 is 0 Å². The summed E-state index contributed by atoms with van der Waals surface area (Å²) in [5.41, 5.74) is 4.47. The summed E-state index contributed by atoms with van der Waals surface area (Å²) in [4.78, 5) is 11.1. The number of benzene rings is 1. The Morgan fingerprint density at radius 2 is 2.15 bits per heavy atom. The number of carbonyl (C=O) groups excluding carboxylic acids is 1. The highest BCUT2D eigenvalue weighted by molar-refractivity contribution is 9.10. The van der Waals surface area contributed by atoms with E-state index in [-0.39, 0.29) is 5.91 Å². The normalized spacial score (nSPS) is 14.2. The van der Waals surface area contributed by atoms with Crippen LogP contribution in [0, 0.1) is 13.8 Å². The average Bonchev–Trinajstić information content (AvgIpc) is 2.42. The molecule has 0 aromatic heterocycles. The lowest BCUT2D eigenvalue weighted by molar-refractivity contribution is -0.115. The minimum atomic E-state index is 0.0840. The molecule has 68 valence electrons. The topological polar surface area (TPSA) is 29.1 Å². The van der Waals surface area contributed by atoms with Crippen molar-refractivity contribution >= 4 is 27.5 Å². The number of halogens is 1. The van der Waals surface area contributed by atoms with Gasteiger partial charge in [-0.05, 0) is 36.6 Å². The molecule has 1 aromatic carbocycles. The van der Waals surface area contributed by atoms with Crippen LogP contribution in [0.15, 0.2) is 10.5 Å². The van der Waals surface area contributed by atoms with Gasteiger partial charge in [-0.3, -0.25) is 4.79 Å². The number of nitrogens with one attached hydrogen (secondary N) is 1. The molecule has 0 bridgehead atoms. The number of hydrogen-bond acceptors (Lipinski definition) is 1. The first-order valence-corrected chi connectivity index (χ1v) is 4.97. The van der Waals surface area contributed by atoms with Crippen LogP contribution >= 0.6 is 15.9 Å². The van der Waals surface area contributed by atoms with Crippen molar-refractivity contribution in [2.45, 2.75) is 20.3 Å². The van der Waals surface area contributed by atoms with Gasteiger partial charge in [-0.25, -0.2) is 0 Å². The molecule has 1 amide bonds. The summed E-state index contributed by atoms with van der Waals surface area (Å²) in [5.74, 6) is 0.0840. The molecule has 0 saturated carbocycles. The molecule has 0 aliphatic carbocycles. The van der Waals surface area contributed by atoms with Crippen molar-refractivity contribution in [2.75, 3.05) is 5.32 Å². The van der Waals surface area contributed by atoms with Crippen molar-refractivity contribution in [3.05, 3.63) is 27.2 Å². The highest BCUT2D eigenvalue weighted by Crippen LogP contribution is 2.34. The number of aryl methyl sites for hydroxylation is 1. The number of carbonyl (C=O) groups is 1. The van der Waals surface area contributed by atoms with Crippen molar-refractivity contribution < 1.29 is 4.79 Å². The van der Waals surface area contributed by atoms with E-state index >= 15 is 0 Å². The molecule has 13 heavy (non-hydrogen) atoms. The minimum Gasteiger partial charge on any atom is -0.325 e. The van der Waals surface area contributed by atoms with Crippen molar-refractivity contribution in [1.29, 1.82) is 0 Å². The molecular formula is C10H10BrNO. The van der Waals surface area contributed by atoms with E-state index in [4.69, 9.17) is 0 Å². The van der Waals surface area contributed by atoms with Crippen molar-refractivity contribution in [1.82, 2.24) is 0 Å². The second-order valence-electron chi connectivity index (χ2n) is 3.38. The van der Waals surface area contributed by atoms with Crippen LogP contribution in [0.1, 0.15) is 16.7 Å². The van der Waals surface area contributed by atoms with E-state index in [0.29, 0.717) is 6.42 Å². The largest absolute Gasteiger partial charge is 0.325 e. The summed E-state index contributed by atoms with van der Waals surface area (Å²) >= 11 is 3.52. The fourth-order valence-corrected chi connectivity index (χ4v) is 2.24. The third-order valence-electron chi connectivity index (χ3n) is 2.48. The smallest absolute Gasteiger partial charge is 0.228 e. The summed E-state index contributed by atoms with van der Waals surface area (Å²) in [5, 5.41) is 2.84. The monoisotopic (exact) mass is 239 g/mol. The zero-order chi connectivity index (χ0) is 9.59. The summed E-state index contributed by atoms with van der Waals surface area (Å²) < 4.78 is 1.07. The van der Waals surface area contributed by atoms with Gasteiger partial charge in [-0.1, -0.05) is 15.9 Å². The van der Waals surface area contributed by atoms with Gasteiger partial charge in [0.1, 0.15) is 0 Å². The third kappa shape index (κ3) is 1.27. The molecule has 1 heterocycles. The fourth-order valence-electron chi connectivity index (χ4n) is 1.57. The maximum absolute atomic E-state index is 11.1. The summed E-state index contributed by atoms with van der Waals surface area (Å²) in [6.07, 6.45) is 0.497. The number of rotatable bonds is 0. The average molecular weight is 240 g/mol. The van der Waals surface area contributed by atoms with Crippen LogP contribution in [0.2, 0.25) is 0 Å². The molecule has 2 rings (SSSR count). The molecule has 1 N–H and O–H groups in total. The van der Waals surface area contributed by atoms with E-state index in [1.165, 1.54) is 11.1 Å². The van der Waals surface area contributed by atoms with E-state index in [9.17, 15) is 4.79 Å². The highest BCUT2D eigenvalue weighted by atomic mass is 79.9. The van der Waals surface area contributed by atoms with Gasteiger partial charge in [0.2, 0.25) is 5.91 Å². The fraction of sp³-hybridized carbons (Fsp3) is 0.300. The number of anilines is 1. The van der Waals surface area contributed by atoms with E-state index in [1.54, 1.807) is 0 Å². The predicted molar refractivity (Wildman–Crippen MR) is 55.9 cm³/mol. The lowest BCUT2D eigenvalue weighted by Gasteiger charge is -2.07. The SMILES string of the molecule is Cc1cc2c(c(Br)c1C)CC(=O)N2. The van der Waals surface area contributed by atoms with Crippen LogP contribution < -0.4 is 5.32 Å². The Labute approximate surface area is 85.5 Å². The third-order valence-corrected chi connectivity index (χ3v) is 3.56. The summed E-state index contributed by atoms with van der Waals surface area (Å²) in [7, 11) is 0. The maximum Gasteiger partial charge on any atom is 0.228 e. The molecular weight excluding hydrogens is 230 g/mol. The van der Waals surface area contributed by atoms with E-state index in [1.807, 2.05) is 13.0 Å². The van der Waals surface area contributed by atoms with Crippen LogP contribution in [0.25, 0.3) is 0 Å². The number of fused-ring (bicyclic) bond motifs is 1. The Morgan fingerprint density at radius 3 is 2.85 bits per heavy atom.